The van der Waals surface area contributed by atoms with E-state index in [9.17, 15) is 0 Å². The lowest BCUT2D eigenvalue weighted by Crippen LogP contribution is -2.41. The van der Waals surface area contributed by atoms with Crippen LogP contribution in [-0.4, -0.2) is 27.2 Å². The number of para-hydroxylation sites is 2. The number of anilines is 4. The van der Waals surface area contributed by atoms with Gasteiger partial charge in [0.15, 0.2) is 11.6 Å². The number of rotatable bonds is 6. The zero-order valence-corrected chi connectivity index (χ0v) is 22.3. The molecule has 0 aromatic heterocycles. The Hall–Kier alpha value is -4.18. The van der Waals surface area contributed by atoms with Crippen LogP contribution in [0, 0.1) is 13.8 Å². The predicted molar refractivity (Wildman–Crippen MR) is 158 cm³/mol. The fourth-order valence-electron chi connectivity index (χ4n) is 5.00. The summed E-state index contributed by atoms with van der Waals surface area (Å²) in [6.07, 6.45) is 1.03. The number of hydrogen-bond acceptors (Lipinski definition) is 4. The van der Waals surface area contributed by atoms with Crippen molar-refractivity contribution in [2.75, 3.05) is 46.8 Å². The van der Waals surface area contributed by atoms with Crippen LogP contribution in [0.4, 0.5) is 22.7 Å². The van der Waals surface area contributed by atoms with E-state index >= 15 is 0 Å². The minimum atomic E-state index is 0.921. The molecule has 0 N–H and O–H groups in total. The minimum absolute atomic E-state index is 0.921. The van der Waals surface area contributed by atoms with Gasteiger partial charge in [-0.1, -0.05) is 71.8 Å². The summed E-state index contributed by atoms with van der Waals surface area (Å²) in [7, 11) is 4.37. The molecule has 188 valence electrons. The summed E-state index contributed by atoms with van der Waals surface area (Å²) in [5.41, 5.74) is 7.24. The molecule has 5 rings (SSSR count). The zero-order valence-electron chi connectivity index (χ0n) is 22.3. The molecule has 0 aliphatic carbocycles. The first-order chi connectivity index (χ1) is 18.0. The molecule has 1 aliphatic rings. The molecule has 4 heteroatoms. The van der Waals surface area contributed by atoms with E-state index in [1.54, 1.807) is 0 Å². The van der Waals surface area contributed by atoms with E-state index in [2.05, 4.69) is 157 Å². The molecule has 0 atom stereocenters. The Kier molecular flexibility index (Phi) is 7.18. The molecule has 0 radical (unpaired) electrons. The van der Waals surface area contributed by atoms with Crippen molar-refractivity contribution in [3.05, 3.63) is 132 Å². The van der Waals surface area contributed by atoms with Crippen LogP contribution in [0.2, 0.25) is 0 Å². The molecule has 4 nitrogen and oxygen atoms in total. The van der Waals surface area contributed by atoms with Gasteiger partial charge in [0, 0.05) is 49.9 Å². The summed E-state index contributed by atoms with van der Waals surface area (Å²) in [4.78, 5) is 9.63. The van der Waals surface area contributed by atoms with Crippen LogP contribution in [0.25, 0.3) is 0 Å². The Balaban J connectivity index is 1.78. The SMILES string of the molecule is Cc1ccc(N2CCCN(c3ccc(C)cc3)C(N(C)c3ccccc3)=C2N(C)c2ccccc2)cc1. The lowest BCUT2D eigenvalue weighted by molar-refractivity contribution is 0.793. The lowest BCUT2D eigenvalue weighted by Gasteiger charge is -2.39. The monoisotopic (exact) mass is 488 g/mol. The van der Waals surface area contributed by atoms with Crippen molar-refractivity contribution in [2.45, 2.75) is 20.3 Å². The standard InChI is InChI=1S/C33H36N4/c1-26-16-20-30(21-17-26)36-24-11-25-37(31-22-18-27(2)19-23-31)33(35(4)29-14-9-6-10-15-29)32(36)34(3)28-12-7-5-8-13-28/h5-10,12-23H,11,24-25H2,1-4H3. The third-order valence-corrected chi connectivity index (χ3v) is 7.09. The molecule has 4 aromatic rings. The molecule has 37 heavy (non-hydrogen) atoms. The summed E-state index contributed by atoms with van der Waals surface area (Å²) in [5, 5.41) is 0. The summed E-state index contributed by atoms with van der Waals surface area (Å²) in [6.45, 7) is 6.13. The van der Waals surface area contributed by atoms with Gasteiger partial charge in [-0.05, 0) is 68.8 Å². The van der Waals surface area contributed by atoms with E-state index in [1.165, 1.54) is 22.5 Å². The first-order valence-corrected chi connectivity index (χ1v) is 13.0. The molecular weight excluding hydrogens is 452 g/mol. The van der Waals surface area contributed by atoms with Crippen molar-refractivity contribution < 1.29 is 0 Å². The van der Waals surface area contributed by atoms with Crippen LogP contribution < -0.4 is 19.6 Å². The fourth-order valence-corrected chi connectivity index (χ4v) is 5.00. The van der Waals surface area contributed by atoms with Crippen LogP contribution in [0.15, 0.2) is 121 Å². The second-order valence-electron chi connectivity index (χ2n) is 9.76. The van der Waals surface area contributed by atoms with Gasteiger partial charge in [0.1, 0.15) is 0 Å². The molecule has 0 saturated carbocycles. The maximum Gasteiger partial charge on any atom is 0.155 e. The summed E-state index contributed by atoms with van der Waals surface area (Å²) >= 11 is 0. The van der Waals surface area contributed by atoms with Gasteiger partial charge in [0.05, 0.1) is 0 Å². The molecule has 0 amide bonds. The lowest BCUT2D eigenvalue weighted by atomic mass is 10.2. The maximum atomic E-state index is 2.48. The average molecular weight is 489 g/mol. The minimum Gasteiger partial charge on any atom is -0.328 e. The number of nitrogens with zero attached hydrogens (tertiary/aromatic N) is 4. The molecule has 0 saturated heterocycles. The van der Waals surface area contributed by atoms with Crippen LogP contribution in [-0.2, 0) is 0 Å². The normalized spacial score (nSPS) is 13.9. The molecular formula is C33H36N4. The van der Waals surface area contributed by atoms with Gasteiger partial charge in [-0.15, -0.1) is 0 Å². The van der Waals surface area contributed by atoms with Crippen molar-refractivity contribution >= 4 is 22.7 Å². The van der Waals surface area contributed by atoms with Crippen molar-refractivity contribution in [1.82, 2.24) is 0 Å². The highest BCUT2D eigenvalue weighted by molar-refractivity contribution is 5.70. The highest BCUT2D eigenvalue weighted by Gasteiger charge is 2.31. The summed E-state index contributed by atoms with van der Waals surface area (Å²) in [6, 6.07) is 39.1. The maximum absolute atomic E-state index is 2.48. The van der Waals surface area contributed by atoms with E-state index in [0.717, 1.165) is 42.5 Å². The van der Waals surface area contributed by atoms with Crippen LogP contribution >= 0.6 is 0 Å². The van der Waals surface area contributed by atoms with E-state index < -0.39 is 0 Å². The fraction of sp³-hybridized carbons (Fsp3) is 0.212. The largest absolute Gasteiger partial charge is 0.328 e. The number of aryl methyl sites for hydroxylation is 2. The topological polar surface area (TPSA) is 13.0 Å². The Morgan fingerprint density at radius 3 is 1.19 bits per heavy atom. The van der Waals surface area contributed by atoms with Gasteiger partial charge in [-0.3, -0.25) is 0 Å². The molecule has 4 aromatic carbocycles. The van der Waals surface area contributed by atoms with Gasteiger partial charge in [-0.25, -0.2) is 0 Å². The van der Waals surface area contributed by atoms with E-state index in [-0.39, 0.29) is 0 Å². The third-order valence-electron chi connectivity index (χ3n) is 7.09. The summed E-state index contributed by atoms with van der Waals surface area (Å²) in [5.74, 6) is 2.30. The third kappa shape index (κ3) is 5.19. The second kappa shape index (κ2) is 10.8. The average Bonchev–Trinajstić information content (AvgIpc) is 3.14. The zero-order chi connectivity index (χ0) is 25.8. The molecule has 0 spiro atoms. The Morgan fingerprint density at radius 2 is 0.838 bits per heavy atom. The Bertz CT molecular complexity index is 1220. The van der Waals surface area contributed by atoms with Crippen molar-refractivity contribution in [1.29, 1.82) is 0 Å². The van der Waals surface area contributed by atoms with Gasteiger partial charge in [-0.2, -0.15) is 0 Å². The predicted octanol–water partition coefficient (Wildman–Crippen LogP) is 7.42. The van der Waals surface area contributed by atoms with Crippen LogP contribution in [0.1, 0.15) is 17.5 Å². The van der Waals surface area contributed by atoms with Gasteiger partial charge in [0.2, 0.25) is 0 Å². The molecule has 0 unspecified atom stereocenters. The quantitative estimate of drug-likeness (QED) is 0.280. The van der Waals surface area contributed by atoms with Crippen molar-refractivity contribution in [2.24, 2.45) is 0 Å². The number of benzene rings is 4. The van der Waals surface area contributed by atoms with Crippen LogP contribution in [0.3, 0.4) is 0 Å². The first kappa shape index (κ1) is 24.5. The van der Waals surface area contributed by atoms with Gasteiger partial charge >= 0.3 is 0 Å². The van der Waals surface area contributed by atoms with Crippen molar-refractivity contribution in [3.8, 4) is 0 Å². The van der Waals surface area contributed by atoms with Gasteiger partial charge in [0.25, 0.3) is 0 Å². The number of hydrogen-bond donors (Lipinski definition) is 0. The molecule has 1 aliphatic heterocycles. The van der Waals surface area contributed by atoms with Crippen LogP contribution in [0.5, 0.6) is 0 Å². The molecule has 0 fully saturated rings. The van der Waals surface area contributed by atoms with Gasteiger partial charge < -0.3 is 19.6 Å². The highest BCUT2D eigenvalue weighted by Crippen LogP contribution is 2.36. The van der Waals surface area contributed by atoms with E-state index in [4.69, 9.17) is 0 Å². The van der Waals surface area contributed by atoms with E-state index in [0.29, 0.717) is 0 Å². The molecule has 1 heterocycles. The second-order valence-corrected chi connectivity index (χ2v) is 9.76. The first-order valence-electron chi connectivity index (χ1n) is 13.0. The Labute approximate surface area is 221 Å². The highest BCUT2D eigenvalue weighted by atomic mass is 15.4. The van der Waals surface area contributed by atoms with Crippen molar-refractivity contribution in [3.63, 3.8) is 0 Å². The Morgan fingerprint density at radius 1 is 0.486 bits per heavy atom. The summed E-state index contributed by atoms with van der Waals surface area (Å²) < 4.78 is 0. The molecule has 0 bridgehead atoms. The smallest absolute Gasteiger partial charge is 0.155 e. The van der Waals surface area contributed by atoms with E-state index in [1.807, 2.05) is 0 Å².